The van der Waals surface area contributed by atoms with Gasteiger partial charge in [0.15, 0.2) is 0 Å². The van der Waals surface area contributed by atoms with Gasteiger partial charge in [-0.25, -0.2) is 4.79 Å². The van der Waals surface area contributed by atoms with Crippen LogP contribution >= 0.6 is 11.8 Å². The SMILES string of the molecule is CC(=O)N[C@@H](CSCC1Cc2ccccc2O1)C(=O)O. The van der Waals surface area contributed by atoms with E-state index in [4.69, 9.17) is 9.84 Å². The van der Waals surface area contributed by atoms with Gasteiger partial charge in [-0.15, -0.1) is 0 Å². The van der Waals surface area contributed by atoms with E-state index in [0.29, 0.717) is 11.5 Å². The molecule has 0 fully saturated rings. The van der Waals surface area contributed by atoms with Gasteiger partial charge in [0, 0.05) is 24.9 Å². The Hall–Kier alpha value is -1.69. The molecule has 0 saturated heterocycles. The van der Waals surface area contributed by atoms with Crippen molar-refractivity contribution in [1.82, 2.24) is 5.32 Å². The van der Waals surface area contributed by atoms with Crippen molar-refractivity contribution >= 4 is 23.6 Å². The Morgan fingerprint density at radius 2 is 2.25 bits per heavy atom. The standard InChI is InChI=1S/C14H17NO4S/c1-9(16)15-12(14(17)18)8-20-7-11-6-10-4-2-3-5-13(10)19-11/h2-5,11-12H,6-8H2,1H3,(H,15,16)(H,17,18)/t11?,12-/m0/s1. The fourth-order valence-corrected chi connectivity index (χ4v) is 3.13. The van der Waals surface area contributed by atoms with E-state index in [-0.39, 0.29) is 12.0 Å². The van der Waals surface area contributed by atoms with E-state index in [2.05, 4.69) is 5.32 Å². The number of para-hydroxylation sites is 1. The lowest BCUT2D eigenvalue weighted by molar-refractivity contribution is -0.140. The summed E-state index contributed by atoms with van der Waals surface area (Å²) in [6, 6.07) is 7.05. The maximum Gasteiger partial charge on any atom is 0.327 e. The third-order valence-corrected chi connectivity index (χ3v) is 4.15. The van der Waals surface area contributed by atoms with Gasteiger partial charge in [0.2, 0.25) is 5.91 Å². The Morgan fingerprint density at radius 1 is 1.50 bits per heavy atom. The molecule has 20 heavy (non-hydrogen) atoms. The van der Waals surface area contributed by atoms with Gasteiger partial charge in [-0.2, -0.15) is 11.8 Å². The molecule has 0 aliphatic carbocycles. The summed E-state index contributed by atoms with van der Waals surface area (Å²) in [5, 5.41) is 11.4. The molecule has 6 heteroatoms. The number of hydrogen-bond donors (Lipinski definition) is 2. The number of carbonyl (C=O) groups excluding carboxylic acids is 1. The molecule has 1 unspecified atom stereocenters. The van der Waals surface area contributed by atoms with Gasteiger partial charge in [0.1, 0.15) is 17.9 Å². The van der Waals surface area contributed by atoms with Crippen molar-refractivity contribution in [2.45, 2.75) is 25.5 Å². The van der Waals surface area contributed by atoms with E-state index in [1.807, 2.05) is 24.3 Å². The van der Waals surface area contributed by atoms with Crippen LogP contribution in [-0.2, 0) is 16.0 Å². The van der Waals surface area contributed by atoms with Gasteiger partial charge >= 0.3 is 5.97 Å². The molecule has 0 bridgehead atoms. The summed E-state index contributed by atoms with van der Waals surface area (Å²) in [5.74, 6) is 0.615. The lowest BCUT2D eigenvalue weighted by Crippen LogP contribution is -2.41. The first-order valence-electron chi connectivity index (χ1n) is 6.38. The van der Waals surface area contributed by atoms with E-state index in [1.165, 1.54) is 24.2 Å². The van der Waals surface area contributed by atoms with Crippen LogP contribution in [0.25, 0.3) is 0 Å². The highest BCUT2D eigenvalue weighted by Crippen LogP contribution is 2.29. The zero-order valence-electron chi connectivity index (χ0n) is 11.2. The molecule has 1 aliphatic heterocycles. The quantitative estimate of drug-likeness (QED) is 0.827. The Kier molecular flexibility index (Phi) is 4.89. The zero-order chi connectivity index (χ0) is 14.5. The Morgan fingerprint density at radius 3 is 2.90 bits per heavy atom. The average Bonchev–Trinajstić information content (AvgIpc) is 2.79. The lowest BCUT2D eigenvalue weighted by atomic mass is 10.1. The van der Waals surface area contributed by atoms with Crippen molar-refractivity contribution in [2.75, 3.05) is 11.5 Å². The fourth-order valence-electron chi connectivity index (χ4n) is 2.08. The molecule has 1 aromatic carbocycles. The van der Waals surface area contributed by atoms with Crippen LogP contribution in [0.5, 0.6) is 5.75 Å². The third-order valence-electron chi connectivity index (χ3n) is 2.98. The summed E-state index contributed by atoms with van der Waals surface area (Å²) < 4.78 is 5.77. The maximum absolute atomic E-state index is 11.0. The molecule has 1 heterocycles. The number of benzene rings is 1. The molecule has 2 atom stereocenters. The number of ether oxygens (including phenoxy) is 1. The van der Waals surface area contributed by atoms with Crippen LogP contribution in [0.1, 0.15) is 12.5 Å². The second-order valence-corrected chi connectivity index (χ2v) is 5.76. The van der Waals surface area contributed by atoms with Crippen molar-refractivity contribution < 1.29 is 19.4 Å². The topological polar surface area (TPSA) is 75.6 Å². The van der Waals surface area contributed by atoms with Gasteiger partial charge in [-0.3, -0.25) is 4.79 Å². The molecule has 5 nitrogen and oxygen atoms in total. The molecule has 108 valence electrons. The van der Waals surface area contributed by atoms with Crippen molar-refractivity contribution in [2.24, 2.45) is 0 Å². The summed E-state index contributed by atoms with van der Waals surface area (Å²) in [5.41, 5.74) is 1.19. The molecule has 0 saturated carbocycles. The fraction of sp³-hybridized carbons (Fsp3) is 0.429. The maximum atomic E-state index is 11.0. The molecule has 1 aliphatic rings. The Labute approximate surface area is 121 Å². The molecule has 1 amide bonds. The molecule has 2 N–H and O–H groups in total. The molecule has 0 radical (unpaired) electrons. The molecule has 2 rings (SSSR count). The van der Waals surface area contributed by atoms with E-state index >= 15 is 0 Å². The minimum absolute atomic E-state index is 0.0733. The first-order chi connectivity index (χ1) is 9.56. The minimum atomic E-state index is -1.01. The predicted octanol–water partition coefficient (Wildman–Crippen LogP) is 1.31. The highest BCUT2D eigenvalue weighted by atomic mass is 32.2. The summed E-state index contributed by atoms with van der Waals surface area (Å²) in [4.78, 5) is 21.9. The smallest absolute Gasteiger partial charge is 0.327 e. The zero-order valence-corrected chi connectivity index (χ0v) is 12.0. The molecular formula is C14H17NO4S. The van der Waals surface area contributed by atoms with Crippen LogP contribution in [0, 0.1) is 0 Å². The second kappa shape index (κ2) is 6.65. The number of nitrogens with one attached hydrogen (secondary N) is 1. The number of carboxylic acid groups (broad SMARTS) is 1. The highest BCUT2D eigenvalue weighted by molar-refractivity contribution is 7.99. The summed E-state index contributed by atoms with van der Waals surface area (Å²) in [6.07, 6.45) is 0.922. The molecule has 0 aromatic heterocycles. The Bertz CT molecular complexity index is 481. The normalized spacial score (nSPS) is 17.9. The van der Waals surface area contributed by atoms with E-state index in [9.17, 15) is 9.59 Å². The van der Waals surface area contributed by atoms with Gasteiger partial charge in [0.25, 0.3) is 0 Å². The van der Waals surface area contributed by atoms with Crippen LogP contribution in [0.15, 0.2) is 24.3 Å². The van der Waals surface area contributed by atoms with Crippen LogP contribution in [0.3, 0.4) is 0 Å². The third kappa shape index (κ3) is 3.90. The van der Waals surface area contributed by atoms with E-state index in [1.54, 1.807) is 0 Å². The summed E-state index contributed by atoms with van der Waals surface area (Å²) in [7, 11) is 0. The first-order valence-corrected chi connectivity index (χ1v) is 7.54. The molecule has 0 spiro atoms. The summed E-state index contributed by atoms with van der Waals surface area (Å²) >= 11 is 1.48. The number of thioether (sulfide) groups is 1. The lowest BCUT2D eigenvalue weighted by Gasteiger charge is -2.14. The number of hydrogen-bond acceptors (Lipinski definition) is 4. The highest BCUT2D eigenvalue weighted by Gasteiger charge is 2.24. The van der Waals surface area contributed by atoms with Crippen molar-refractivity contribution in [1.29, 1.82) is 0 Å². The molecular weight excluding hydrogens is 278 g/mol. The summed E-state index contributed by atoms with van der Waals surface area (Å²) in [6.45, 7) is 1.32. The predicted molar refractivity (Wildman–Crippen MR) is 77.1 cm³/mol. The average molecular weight is 295 g/mol. The number of carbonyl (C=O) groups is 2. The first kappa shape index (κ1) is 14.7. The number of carboxylic acids is 1. The van der Waals surface area contributed by atoms with Gasteiger partial charge in [-0.1, -0.05) is 18.2 Å². The van der Waals surface area contributed by atoms with Gasteiger partial charge in [0.05, 0.1) is 0 Å². The number of fused-ring (bicyclic) bond motifs is 1. The van der Waals surface area contributed by atoms with Crippen LogP contribution in [0.4, 0.5) is 0 Å². The minimum Gasteiger partial charge on any atom is -0.489 e. The largest absolute Gasteiger partial charge is 0.489 e. The molecule has 1 aromatic rings. The number of amides is 1. The van der Waals surface area contributed by atoms with Crippen molar-refractivity contribution in [3.8, 4) is 5.75 Å². The van der Waals surface area contributed by atoms with E-state index < -0.39 is 12.0 Å². The van der Waals surface area contributed by atoms with E-state index in [0.717, 1.165) is 12.2 Å². The van der Waals surface area contributed by atoms with Gasteiger partial charge in [-0.05, 0) is 11.6 Å². The Balaban J connectivity index is 1.77. The van der Waals surface area contributed by atoms with Crippen LogP contribution < -0.4 is 10.1 Å². The van der Waals surface area contributed by atoms with Crippen molar-refractivity contribution in [3.63, 3.8) is 0 Å². The van der Waals surface area contributed by atoms with Crippen LogP contribution in [0.2, 0.25) is 0 Å². The number of aliphatic carboxylic acids is 1. The number of rotatable bonds is 6. The van der Waals surface area contributed by atoms with Gasteiger partial charge < -0.3 is 15.2 Å². The second-order valence-electron chi connectivity index (χ2n) is 4.68. The van der Waals surface area contributed by atoms with Crippen molar-refractivity contribution in [3.05, 3.63) is 29.8 Å². The van der Waals surface area contributed by atoms with Crippen LogP contribution in [-0.4, -0.2) is 40.6 Å². The monoisotopic (exact) mass is 295 g/mol.